The Hall–Kier alpha value is 1.63. The van der Waals surface area contributed by atoms with E-state index in [0.29, 0.717) is 6.61 Å². The van der Waals surface area contributed by atoms with Crippen LogP contribution in [0.5, 0.6) is 0 Å². The van der Waals surface area contributed by atoms with Crippen LogP contribution in [0.3, 0.4) is 0 Å². The monoisotopic (exact) mass is 328 g/mol. The molecule has 0 heterocycles. The van der Waals surface area contributed by atoms with Crippen molar-refractivity contribution in [1.82, 2.24) is 0 Å². The summed E-state index contributed by atoms with van der Waals surface area (Å²) in [5, 5.41) is 8.29. The molecule has 0 amide bonds. The zero-order chi connectivity index (χ0) is 9.11. The van der Waals surface area contributed by atoms with Crippen molar-refractivity contribution in [3.05, 3.63) is 0 Å². The molecule has 11 heavy (non-hydrogen) atoms. The van der Waals surface area contributed by atoms with Gasteiger partial charge in [0.15, 0.2) is 0 Å². The Bertz CT molecular complexity index is 57.0. The van der Waals surface area contributed by atoms with Crippen molar-refractivity contribution in [3.8, 4) is 0 Å². The molecule has 0 fully saturated rings. The zero-order valence-electron chi connectivity index (χ0n) is 6.69. The van der Waals surface area contributed by atoms with E-state index < -0.39 is 16.4 Å². The van der Waals surface area contributed by atoms with Gasteiger partial charge >= 0.3 is 43.1 Å². The van der Waals surface area contributed by atoms with Gasteiger partial charge in [0.25, 0.3) is 0 Å². The predicted molar refractivity (Wildman–Crippen MR) is 55.9 cm³/mol. The maximum absolute atomic E-state index is 8.29. The van der Waals surface area contributed by atoms with Crippen LogP contribution in [0.4, 0.5) is 0 Å². The number of hydrogen-bond acceptors (Lipinski definition) is 1. The van der Waals surface area contributed by atoms with Gasteiger partial charge < -0.3 is 5.11 Å². The molecule has 0 radical (unpaired) electrons. The van der Waals surface area contributed by atoms with E-state index in [1.807, 2.05) is 0 Å². The van der Waals surface area contributed by atoms with E-state index in [-0.39, 0.29) is 0 Å². The summed E-state index contributed by atoms with van der Waals surface area (Å²) in [6.07, 6.45) is 4.68. The summed E-state index contributed by atoms with van der Waals surface area (Å²) in [6.45, 7) is 2.53. The molecule has 0 aliphatic carbocycles. The van der Waals surface area contributed by atoms with Gasteiger partial charge in [0.2, 0.25) is 0 Å². The minimum absolute atomic E-state index is 0.361. The van der Waals surface area contributed by atoms with Crippen LogP contribution in [0.1, 0.15) is 32.6 Å². The van der Waals surface area contributed by atoms with E-state index in [1.165, 1.54) is 19.3 Å². The van der Waals surface area contributed by atoms with E-state index >= 15 is 0 Å². The van der Waals surface area contributed by atoms with Crippen LogP contribution in [0.25, 0.3) is 0 Å². The van der Waals surface area contributed by atoms with Crippen molar-refractivity contribution in [2.24, 2.45) is 0 Å². The Morgan fingerprint density at radius 2 is 1.55 bits per heavy atom. The second-order valence-corrected chi connectivity index (χ2v) is 16.7. The van der Waals surface area contributed by atoms with Crippen molar-refractivity contribution >= 4 is 43.1 Å². The summed E-state index contributed by atoms with van der Waals surface area (Å²) in [5.74, 6) is 0. The minimum atomic E-state index is -2.22. The first-order valence-electron chi connectivity index (χ1n) is 3.68. The number of hydrogen-bond donors (Lipinski definition) is 1. The zero-order valence-corrected chi connectivity index (χ0v) is 12.3. The number of aliphatic hydroxyl groups is 1. The topological polar surface area (TPSA) is 20.2 Å². The first-order valence-corrected chi connectivity index (χ1v) is 16.2. The van der Waals surface area contributed by atoms with Gasteiger partial charge in [-0.15, -0.1) is 0 Å². The van der Waals surface area contributed by atoms with Gasteiger partial charge in [0.05, 0.1) is 0 Å². The summed E-state index contributed by atoms with van der Waals surface area (Å²) < 4.78 is 0. The number of halogens is 3. The van der Waals surface area contributed by atoms with Crippen LogP contribution in [0, 0.1) is 0 Å². The number of unbranched alkanes of at least 4 members (excludes halogenated alkanes) is 3. The standard InChI is InChI=1S/C6H14O.3ClH.Sn.H/c1-2-3-4-5-6-7;;;;;/h7H,2-6H2,1H3;3*1H;;/q;;;;+3;/p-3. The Labute approximate surface area is 86.9 Å². The normalized spacial score (nSPS) is 9.27. The third kappa shape index (κ3) is 34.0. The summed E-state index contributed by atoms with van der Waals surface area (Å²) in [7, 11) is 15.0. The van der Waals surface area contributed by atoms with Gasteiger partial charge in [-0.05, 0) is 6.42 Å². The average molecular weight is 328 g/mol. The van der Waals surface area contributed by atoms with Crippen molar-refractivity contribution in [1.29, 1.82) is 0 Å². The molecule has 0 spiro atoms. The van der Waals surface area contributed by atoms with Crippen molar-refractivity contribution in [2.45, 2.75) is 32.6 Å². The molecular formula is C6H15Cl3OSn. The number of rotatable bonds is 4. The molecular weight excluding hydrogens is 313 g/mol. The van der Waals surface area contributed by atoms with E-state index in [9.17, 15) is 0 Å². The fourth-order valence-electron chi connectivity index (χ4n) is 0.539. The third-order valence-corrected chi connectivity index (χ3v) is 1.01. The summed E-state index contributed by atoms with van der Waals surface area (Å²) in [6, 6.07) is 0. The van der Waals surface area contributed by atoms with Crippen molar-refractivity contribution < 1.29 is 5.11 Å². The molecule has 70 valence electrons. The molecule has 0 aliphatic heterocycles. The molecule has 0 aliphatic rings. The molecule has 0 aromatic rings. The Kier molecular flexibility index (Phi) is 19.5. The van der Waals surface area contributed by atoms with Gasteiger partial charge in [-0.25, -0.2) is 0 Å². The Balaban J connectivity index is 0. The molecule has 0 aromatic heterocycles. The first-order chi connectivity index (χ1) is 5.15. The summed E-state index contributed by atoms with van der Waals surface area (Å²) in [4.78, 5) is 0. The quantitative estimate of drug-likeness (QED) is 0.621. The fraction of sp³-hybridized carbons (Fsp3) is 1.00. The Morgan fingerprint density at radius 1 is 1.09 bits per heavy atom. The second-order valence-electron chi connectivity index (χ2n) is 2.03. The van der Waals surface area contributed by atoms with Gasteiger partial charge in [0.1, 0.15) is 0 Å². The molecule has 0 rings (SSSR count). The van der Waals surface area contributed by atoms with Gasteiger partial charge in [-0.1, -0.05) is 26.2 Å². The second kappa shape index (κ2) is 14.2. The molecule has 0 aromatic carbocycles. The molecule has 0 bridgehead atoms. The summed E-state index contributed by atoms with van der Waals surface area (Å²) in [5.41, 5.74) is 0. The van der Waals surface area contributed by atoms with Crippen LogP contribution in [0.2, 0.25) is 0 Å². The van der Waals surface area contributed by atoms with E-state index in [4.69, 9.17) is 31.9 Å². The van der Waals surface area contributed by atoms with E-state index in [0.717, 1.165) is 6.42 Å². The molecule has 0 saturated heterocycles. The number of aliphatic hydroxyl groups excluding tert-OH is 1. The average Bonchev–Trinajstić information content (AvgIpc) is 1.88. The van der Waals surface area contributed by atoms with Gasteiger partial charge in [-0.2, -0.15) is 0 Å². The van der Waals surface area contributed by atoms with Gasteiger partial charge in [0, 0.05) is 6.61 Å². The predicted octanol–water partition coefficient (Wildman–Crippen LogP) is 2.98. The van der Waals surface area contributed by atoms with E-state index in [2.05, 4.69) is 6.92 Å². The van der Waals surface area contributed by atoms with Crippen LogP contribution in [0.15, 0.2) is 0 Å². The maximum atomic E-state index is 8.29. The molecule has 0 atom stereocenters. The van der Waals surface area contributed by atoms with Crippen molar-refractivity contribution in [2.75, 3.05) is 6.61 Å². The van der Waals surface area contributed by atoms with Crippen LogP contribution >= 0.6 is 26.8 Å². The van der Waals surface area contributed by atoms with Gasteiger partial charge in [-0.3, -0.25) is 0 Å². The molecule has 1 nitrogen and oxygen atoms in total. The molecule has 0 unspecified atom stereocenters. The summed E-state index contributed by atoms with van der Waals surface area (Å²) >= 11 is -2.22. The molecule has 5 heteroatoms. The molecule has 0 saturated carbocycles. The SMILES string of the molecule is CCCCCCO.[Cl][SnH]([Cl])[Cl]. The fourth-order valence-corrected chi connectivity index (χ4v) is 0.539. The van der Waals surface area contributed by atoms with Crippen LogP contribution in [-0.4, -0.2) is 28.1 Å². The third-order valence-electron chi connectivity index (χ3n) is 1.01. The van der Waals surface area contributed by atoms with Crippen molar-refractivity contribution in [3.63, 3.8) is 0 Å². The van der Waals surface area contributed by atoms with Crippen LogP contribution < -0.4 is 0 Å². The first kappa shape index (κ1) is 15.1. The van der Waals surface area contributed by atoms with Crippen LogP contribution in [-0.2, 0) is 0 Å². The Morgan fingerprint density at radius 3 is 1.82 bits per heavy atom. The van der Waals surface area contributed by atoms with E-state index in [1.54, 1.807) is 0 Å². The molecule has 1 N–H and O–H groups in total.